The standard InChI is InChI=1S/C15H25N3/c1-12(2)11-17-7-9-18(10-8-17)15-13(3)5-4-6-14(15)16/h4-6,12H,7-11,16H2,1-3H3. The van der Waals surface area contributed by atoms with E-state index >= 15 is 0 Å². The molecule has 2 rings (SSSR count). The molecule has 0 aliphatic carbocycles. The van der Waals surface area contributed by atoms with Gasteiger partial charge in [-0.1, -0.05) is 26.0 Å². The maximum Gasteiger partial charge on any atom is 0.0630 e. The fourth-order valence-corrected chi connectivity index (χ4v) is 2.78. The van der Waals surface area contributed by atoms with Crippen molar-refractivity contribution < 1.29 is 0 Å². The summed E-state index contributed by atoms with van der Waals surface area (Å²) in [6, 6.07) is 6.18. The zero-order valence-electron chi connectivity index (χ0n) is 11.8. The van der Waals surface area contributed by atoms with Crippen LogP contribution < -0.4 is 10.6 Å². The first-order valence-electron chi connectivity index (χ1n) is 6.90. The molecule has 0 amide bonds. The molecule has 0 bridgehead atoms. The molecule has 0 spiro atoms. The van der Waals surface area contributed by atoms with E-state index in [4.69, 9.17) is 5.73 Å². The van der Waals surface area contributed by atoms with Gasteiger partial charge >= 0.3 is 0 Å². The van der Waals surface area contributed by atoms with Crippen molar-refractivity contribution in [1.29, 1.82) is 0 Å². The molecule has 0 atom stereocenters. The molecule has 1 aliphatic rings. The molecule has 3 nitrogen and oxygen atoms in total. The Kier molecular flexibility index (Phi) is 4.12. The average Bonchev–Trinajstić information content (AvgIpc) is 2.30. The number of aryl methyl sites for hydroxylation is 1. The van der Waals surface area contributed by atoms with Gasteiger partial charge in [-0.25, -0.2) is 0 Å². The summed E-state index contributed by atoms with van der Waals surface area (Å²) in [4.78, 5) is 4.98. The summed E-state index contributed by atoms with van der Waals surface area (Å²) in [5.41, 5.74) is 9.54. The Bertz CT molecular complexity index is 372. The number of benzene rings is 1. The molecule has 1 aliphatic heterocycles. The molecule has 100 valence electrons. The first kappa shape index (κ1) is 13.2. The minimum Gasteiger partial charge on any atom is -0.397 e. The van der Waals surface area contributed by atoms with E-state index in [2.05, 4.69) is 36.6 Å². The monoisotopic (exact) mass is 247 g/mol. The molecule has 18 heavy (non-hydrogen) atoms. The van der Waals surface area contributed by atoms with E-state index in [0.717, 1.165) is 37.8 Å². The van der Waals surface area contributed by atoms with E-state index in [1.54, 1.807) is 0 Å². The van der Waals surface area contributed by atoms with Crippen molar-refractivity contribution in [1.82, 2.24) is 4.90 Å². The van der Waals surface area contributed by atoms with Crippen LogP contribution in [-0.2, 0) is 0 Å². The summed E-state index contributed by atoms with van der Waals surface area (Å²) in [5.74, 6) is 0.750. The van der Waals surface area contributed by atoms with Crippen molar-refractivity contribution in [3.8, 4) is 0 Å². The zero-order chi connectivity index (χ0) is 13.1. The number of para-hydroxylation sites is 1. The highest BCUT2D eigenvalue weighted by molar-refractivity contribution is 5.71. The Balaban J connectivity index is 2.01. The second-order valence-electron chi connectivity index (χ2n) is 5.69. The fourth-order valence-electron chi connectivity index (χ4n) is 2.78. The number of nitrogen functional groups attached to an aromatic ring is 1. The van der Waals surface area contributed by atoms with Crippen LogP contribution in [0.25, 0.3) is 0 Å². The topological polar surface area (TPSA) is 32.5 Å². The van der Waals surface area contributed by atoms with Gasteiger partial charge in [-0.2, -0.15) is 0 Å². The summed E-state index contributed by atoms with van der Waals surface area (Å²) in [6.07, 6.45) is 0. The smallest absolute Gasteiger partial charge is 0.0630 e. The molecule has 1 heterocycles. The van der Waals surface area contributed by atoms with Crippen LogP contribution in [0.2, 0.25) is 0 Å². The van der Waals surface area contributed by atoms with Gasteiger partial charge in [0.25, 0.3) is 0 Å². The van der Waals surface area contributed by atoms with Crippen molar-refractivity contribution in [2.24, 2.45) is 5.92 Å². The number of piperazine rings is 1. The number of hydrogen-bond donors (Lipinski definition) is 1. The molecule has 0 unspecified atom stereocenters. The Morgan fingerprint density at radius 3 is 2.39 bits per heavy atom. The van der Waals surface area contributed by atoms with Crippen molar-refractivity contribution in [2.75, 3.05) is 43.4 Å². The lowest BCUT2D eigenvalue weighted by molar-refractivity contribution is 0.231. The van der Waals surface area contributed by atoms with E-state index in [9.17, 15) is 0 Å². The lowest BCUT2D eigenvalue weighted by Crippen LogP contribution is -2.47. The Labute approximate surface area is 111 Å². The minimum absolute atomic E-state index is 0.750. The first-order valence-corrected chi connectivity index (χ1v) is 6.90. The SMILES string of the molecule is Cc1cccc(N)c1N1CCN(CC(C)C)CC1. The van der Waals surface area contributed by atoms with E-state index in [-0.39, 0.29) is 0 Å². The largest absolute Gasteiger partial charge is 0.397 e. The van der Waals surface area contributed by atoms with Crippen molar-refractivity contribution >= 4 is 11.4 Å². The maximum atomic E-state index is 6.11. The van der Waals surface area contributed by atoms with Crippen LogP contribution in [-0.4, -0.2) is 37.6 Å². The molecular formula is C15H25N3. The normalized spacial score (nSPS) is 17.4. The van der Waals surface area contributed by atoms with Crippen molar-refractivity contribution in [2.45, 2.75) is 20.8 Å². The highest BCUT2D eigenvalue weighted by Crippen LogP contribution is 2.28. The number of nitrogens with zero attached hydrogens (tertiary/aromatic N) is 2. The van der Waals surface area contributed by atoms with Gasteiger partial charge in [0.1, 0.15) is 0 Å². The van der Waals surface area contributed by atoms with Gasteiger partial charge in [0, 0.05) is 32.7 Å². The molecule has 0 saturated carbocycles. The second kappa shape index (κ2) is 5.61. The molecular weight excluding hydrogens is 222 g/mol. The fraction of sp³-hybridized carbons (Fsp3) is 0.600. The summed E-state index contributed by atoms with van der Waals surface area (Å²) >= 11 is 0. The summed E-state index contributed by atoms with van der Waals surface area (Å²) < 4.78 is 0. The number of anilines is 2. The Morgan fingerprint density at radius 1 is 1.17 bits per heavy atom. The van der Waals surface area contributed by atoms with Gasteiger partial charge in [0.2, 0.25) is 0 Å². The quantitative estimate of drug-likeness (QED) is 0.832. The average molecular weight is 247 g/mol. The van der Waals surface area contributed by atoms with E-state index in [1.807, 2.05) is 12.1 Å². The third-order valence-corrected chi connectivity index (χ3v) is 3.58. The summed E-state index contributed by atoms with van der Waals surface area (Å²) in [7, 11) is 0. The molecule has 1 saturated heterocycles. The van der Waals surface area contributed by atoms with Crippen LogP contribution in [0.3, 0.4) is 0 Å². The zero-order valence-corrected chi connectivity index (χ0v) is 11.8. The first-order chi connectivity index (χ1) is 8.58. The van der Waals surface area contributed by atoms with Gasteiger partial charge in [-0.15, -0.1) is 0 Å². The summed E-state index contributed by atoms with van der Waals surface area (Å²) in [6.45, 7) is 12.4. The number of hydrogen-bond acceptors (Lipinski definition) is 3. The number of nitrogens with two attached hydrogens (primary N) is 1. The van der Waals surface area contributed by atoms with E-state index < -0.39 is 0 Å². The molecule has 1 fully saturated rings. The lowest BCUT2D eigenvalue weighted by Gasteiger charge is -2.38. The highest BCUT2D eigenvalue weighted by atomic mass is 15.3. The highest BCUT2D eigenvalue weighted by Gasteiger charge is 2.20. The number of rotatable bonds is 3. The van der Waals surface area contributed by atoms with Crippen LogP contribution in [0.1, 0.15) is 19.4 Å². The van der Waals surface area contributed by atoms with Gasteiger partial charge in [0.05, 0.1) is 11.4 Å². The van der Waals surface area contributed by atoms with Crippen LogP contribution in [0.4, 0.5) is 11.4 Å². The molecule has 1 aromatic carbocycles. The molecule has 1 aromatic rings. The predicted octanol–water partition coefficient (Wildman–Crippen LogP) is 2.36. The molecule has 0 radical (unpaired) electrons. The lowest BCUT2D eigenvalue weighted by atomic mass is 10.1. The van der Waals surface area contributed by atoms with Gasteiger partial charge in [-0.05, 0) is 24.5 Å². The van der Waals surface area contributed by atoms with E-state index in [1.165, 1.54) is 17.8 Å². The van der Waals surface area contributed by atoms with Crippen LogP contribution >= 0.6 is 0 Å². The third kappa shape index (κ3) is 2.96. The van der Waals surface area contributed by atoms with Gasteiger partial charge in [0.15, 0.2) is 0 Å². The molecule has 0 aromatic heterocycles. The second-order valence-corrected chi connectivity index (χ2v) is 5.69. The van der Waals surface area contributed by atoms with E-state index in [0.29, 0.717) is 0 Å². The minimum atomic E-state index is 0.750. The molecule has 3 heteroatoms. The van der Waals surface area contributed by atoms with Gasteiger partial charge < -0.3 is 10.6 Å². The molecule has 2 N–H and O–H groups in total. The van der Waals surface area contributed by atoms with Crippen LogP contribution in [0, 0.1) is 12.8 Å². The Hall–Kier alpha value is -1.22. The maximum absolute atomic E-state index is 6.11. The van der Waals surface area contributed by atoms with Crippen molar-refractivity contribution in [3.05, 3.63) is 23.8 Å². The van der Waals surface area contributed by atoms with Crippen molar-refractivity contribution in [3.63, 3.8) is 0 Å². The van der Waals surface area contributed by atoms with Gasteiger partial charge in [-0.3, -0.25) is 4.90 Å². The third-order valence-electron chi connectivity index (χ3n) is 3.58. The van der Waals surface area contributed by atoms with Crippen LogP contribution in [0.15, 0.2) is 18.2 Å². The predicted molar refractivity (Wildman–Crippen MR) is 79.1 cm³/mol. The summed E-state index contributed by atoms with van der Waals surface area (Å²) in [5, 5.41) is 0. The van der Waals surface area contributed by atoms with Crippen LogP contribution in [0.5, 0.6) is 0 Å². The Morgan fingerprint density at radius 2 is 1.83 bits per heavy atom.